The normalized spacial score (nSPS) is 22.6. The number of nitrogens with zero attached hydrogens (tertiary/aromatic N) is 2. The molecule has 4 heteroatoms. The van der Waals surface area contributed by atoms with Crippen LogP contribution in [0.15, 0.2) is 28.8 Å². The third kappa shape index (κ3) is 1.56. The summed E-state index contributed by atoms with van der Waals surface area (Å²) in [7, 11) is 2.77. The van der Waals surface area contributed by atoms with Crippen LogP contribution in [-0.4, -0.2) is 16.2 Å². The number of rotatable bonds is 1. The number of fused-ring (bicyclic) bond motifs is 1. The van der Waals surface area contributed by atoms with Crippen LogP contribution >= 0.6 is 9.39 Å². The van der Waals surface area contributed by atoms with E-state index in [2.05, 4.69) is 25.1 Å². The number of pyridine rings is 1. The Morgan fingerprint density at radius 1 is 1.53 bits per heavy atom. The molecule has 0 spiro atoms. The highest BCUT2D eigenvalue weighted by Gasteiger charge is 2.25. The fourth-order valence-corrected chi connectivity index (χ4v) is 2.63. The topological polar surface area (TPSA) is 29.3 Å². The molecule has 0 saturated carbocycles. The third-order valence-electron chi connectivity index (χ3n) is 2.93. The Morgan fingerprint density at radius 2 is 2.47 bits per heavy atom. The Bertz CT molecular complexity index is 449. The van der Waals surface area contributed by atoms with Crippen molar-refractivity contribution in [3.8, 4) is 0 Å². The molecule has 1 aliphatic rings. The highest BCUT2D eigenvalue weighted by molar-refractivity contribution is 7.13. The van der Waals surface area contributed by atoms with Gasteiger partial charge in [-0.3, -0.25) is 9.65 Å². The van der Waals surface area contributed by atoms with Crippen molar-refractivity contribution in [3.63, 3.8) is 0 Å². The maximum Gasteiger partial charge on any atom is 0.152 e. The monoisotopic (exact) mass is 220 g/mol. The predicted molar refractivity (Wildman–Crippen MR) is 62.4 cm³/mol. The smallest absolute Gasteiger partial charge is 0.152 e. The van der Waals surface area contributed by atoms with E-state index in [1.54, 1.807) is 6.20 Å². The van der Waals surface area contributed by atoms with E-state index in [4.69, 9.17) is 4.42 Å². The van der Waals surface area contributed by atoms with Crippen molar-refractivity contribution in [2.24, 2.45) is 0 Å². The minimum absolute atomic E-state index is 0.407. The summed E-state index contributed by atoms with van der Waals surface area (Å²) < 4.78 is 8.07. The van der Waals surface area contributed by atoms with Crippen molar-refractivity contribution in [2.75, 3.05) is 6.54 Å². The second-order valence-corrected chi connectivity index (χ2v) is 4.59. The van der Waals surface area contributed by atoms with Crippen LogP contribution < -0.4 is 0 Å². The van der Waals surface area contributed by atoms with Gasteiger partial charge in [0.1, 0.15) is 11.3 Å². The molecular weight excluding hydrogens is 207 g/mol. The van der Waals surface area contributed by atoms with Crippen LogP contribution in [-0.2, 0) is 0 Å². The summed E-state index contributed by atoms with van der Waals surface area (Å²) in [5.74, 6) is 1.04. The summed E-state index contributed by atoms with van der Waals surface area (Å²) in [6, 6.07) is 6.34. The van der Waals surface area contributed by atoms with Gasteiger partial charge in [0.05, 0.1) is 6.04 Å². The Morgan fingerprint density at radius 3 is 3.20 bits per heavy atom. The Balaban J connectivity index is 2.04. The van der Waals surface area contributed by atoms with Crippen LogP contribution in [0.25, 0.3) is 11.1 Å². The molecule has 78 valence electrons. The fraction of sp³-hybridized carbons (Fsp3) is 0.364. The van der Waals surface area contributed by atoms with Gasteiger partial charge in [-0.05, 0) is 25.0 Å². The van der Waals surface area contributed by atoms with Crippen LogP contribution in [0, 0.1) is 0 Å². The summed E-state index contributed by atoms with van der Waals surface area (Å²) in [4.78, 5) is 4.28. The zero-order chi connectivity index (χ0) is 10.3. The molecule has 2 unspecified atom stereocenters. The summed E-state index contributed by atoms with van der Waals surface area (Å²) in [6.45, 7) is 1.12. The first kappa shape index (κ1) is 9.32. The molecule has 0 aliphatic carbocycles. The molecule has 1 aliphatic heterocycles. The highest BCUT2D eigenvalue weighted by atomic mass is 31.0. The van der Waals surface area contributed by atoms with Gasteiger partial charge in [-0.1, -0.05) is 9.39 Å². The first-order valence-electron chi connectivity index (χ1n) is 5.20. The van der Waals surface area contributed by atoms with Gasteiger partial charge in [0.25, 0.3) is 0 Å². The number of hydrogen-bond donors (Lipinski definition) is 0. The molecule has 3 rings (SSSR count). The quantitative estimate of drug-likeness (QED) is 0.692. The van der Waals surface area contributed by atoms with Gasteiger partial charge in [0.2, 0.25) is 0 Å². The van der Waals surface area contributed by atoms with Gasteiger partial charge in [0, 0.05) is 18.8 Å². The Kier molecular flexibility index (Phi) is 2.23. The molecular formula is C11H13N2OP. The zero-order valence-corrected chi connectivity index (χ0v) is 9.54. The van der Waals surface area contributed by atoms with Crippen molar-refractivity contribution in [1.82, 2.24) is 9.65 Å². The van der Waals surface area contributed by atoms with Crippen molar-refractivity contribution >= 4 is 20.5 Å². The average Bonchev–Trinajstić information content (AvgIpc) is 2.82. The van der Waals surface area contributed by atoms with Crippen LogP contribution in [0.1, 0.15) is 24.6 Å². The highest BCUT2D eigenvalue weighted by Crippen LogP contribution is 2.36. The van der Waals surface area contributed by atoms with E-state index in [-0.39, 0.29) is 0 Å². The molecule has 1 fully saturated rings. The van der Waals surface area contributed by atoms with E-state index in [9.17, 15) is 0 Å². The van der Waals surface area contributed by atoms with Gasteiger partial charge in [0.15, 0.2) is 5.58 Å². The van der Waals surface area contributed by atoms with E-state index in [0.29, 0.717) is 6.04 Å². The Hall–Kier alpha value is -0.920. The molecule has 0 aromatic carbocycles. The van der Waals surface area contributed by atoms with Crippen LogP contribution in [0.5, 0.6) is 0 Å². The van der Waals surface area contributed by atoms with Crippen LogP contribution in [0.2, 0.25) is 0 Å². The summed E-state index contributed by atoms with van der Waals surface area (Å²) in [6.07, 6.45) is 4.21. The maximum atomic E-state index is 5.80. The Labute approximate surface area is 90.7 Å². The average molecular weight is 220 g/mol. The summed E-state index contributed by atoms with van der Waals surface area (Å²) >= 11 is 0. The van der Waals surface area contributed by atoms with Crippen molar-refractivity contribution in [3.05, 3.63) is 30.2 Å². The molecule has 2 atom stereocenters. The molecule has 3 heterocycles. The standard InChI is InChI=1S/C11H13N2OP/c15-13-6-2-3-9(13)11-7-8-10(14-11)4-1-5-12-8/h1,4-5,7,9H,2-3,6,15H2. The second kappa shape index (κ2) is 3.58. The largest absolute Gasteiger partial charge is 0.458 e. The molecule has 15 heavy (non-hydrogen) atoms. The molecule has 2 aromatic heterocycles. The zero-order valence-electron chi connectivity index (χ0n) is 8.39. The number of hydrogen-bond acceptors (Lipinski definition) is 3. The predicted octanol–water partition coefficient (Wildman–Crippen LogP) is 2.75. The fourth-order valence-electron chi connectivity index (χ4n) is 2.15. The number of aromatic nitrogens is 1. The lowest BCUT2D eigenvalue weighted by Crippen LogP contribution is -2.09. The van der Waals surface area contributed by atoms with Crippen molar-refractivity contribution in [2.45, 2.75) is 18.9 Å². The van der Waals surface area contributed by atoms with Gasteiger partial charge < -0.3 is 4.42 Å². The molecule has 3 nitrogen and oxygen atoms in total. The van der Waals surface area contributed by atoms with E-state index >= 15 is 0 Å². The third-order valence-corrected chi connectivity index (χ3v) is 3.55. The maximum absolute atomic E-state index is 5.80. The van der Waals surface area contributed by atoms with Gasteiger partial charge in [-0.2, -0.15) is 0 Å². The lowest BCUT2D eigenvalue weighted by atomic mass is 10.2. The van der Waals surface area contributed by atoms with Gasteiger partial charge >= 0.3 is 0 Å². The lowest BCUT2D eigenvalue weighted by molar-refractivity contribution is 0.377. The summed E-state index contributed by atoms with van der Waals surface area (Å²) in [5, 5.41) is 0. The van der Waals surface area contributed by atoms with Crippen molar-refractivity contribution in [1.29, 1.82) is 0 Å². The molecule has 1 saturated heterocycles. The molecule has 0 bridgehead atoms. The molecule has 0 radical (unpaired) electrons. The SMILES string of the molecule is PN1CCCC1c1cc2ncccc2o1. The minimum atomic E-state index is 0.407. The van der Waals surface area contributed by atoms with E-state index < -0.39 is 0 Å². The number of furan rings is 1. The van der Waals surface area contributed by atoms with Crippen LogP contribution in [0.4, 0.5) is 0 Å². The van der Waals surface area contributed by atoms with Gasteiger partial charge in [-0.25, -0.2) is 0 Å². The molecule has 0 N–H and O–H groups in total. The molecule has 0 amide bonds. The van der Waals surface area contributed by atoms with E-state index in [1.165, 1.54) is 12.8 Å². The first-order valence-corrected chi connectivity index (χ1v) is 5.72. The summed E-state index contributed by atoms with van der Waals surface area (Å²) in [5.41, 5.74) is 1.84. The van der Waals surface area contributed by atoms with Crippen LogP contribution in [0.3, 0.4) is 0 Å². The van der Waals surface area contributed by atoms with Crippen molar-refractivity contribution < 1.29 is 4.42 Å². The minimum Gasteiger partial charge on any atom is -0.458 e. The lowest BCUT2D eigenvalue weighted by Gasteiger charge is -2.15. The second-order valence-electron chi connectivity index (χ2n) is 3.93. The van der Waals surface area contributed by atoms with E-state index in [1.807, 2.05) is 12.1 Å². The van der Waals surface area contributed by atoms with E-state index in [0.717, 1.165) is 23.4 Å². The molecule has 2 aromatic rings. The first-order chi connectivity index (χ1) is 7.34. The van der Waals surface area contributed by atoms with Gasteiger partial charge in [-0.15, -0.1) is 0 Å².